The van der Waals surface area contributed by atoms with Crippen molar-refractivity contribution in [2.45, 2.75) is 39.8 Å². The molecule has 0 amide bonds. The fourth-order valence-electron chi connectivity index (χ4n) is 2.26. The average molecular weight is 285 g/mol. The molecule has 0 saturated heterocycles. The molecule has 1 heterocycles. The van der Waals surface area contributed by atoms with Gasteiger partial charge in [-0.25, -0.2) is 9.97 Å². The lowest BCUT2D eigenvalue weighted by atomic mass is 10.1. The van der Waals surface area contributed by atoms with Crippen LogP contribution in [0.15, 0.2) is 36.5 Å². The summed E-state index contributed by atoms with van der Waals surface area (Å²) in [6.45, 7) is 7.76. The minimum absolute atomic E-state index is 0.0666. The van der Waals surface area contributed by atoms with Crippen LogP contribution in [-0.4, -0.2) is 21.6 Å². The molecule has 0 radical (unpaired) electrons. The Hall–Kier alpha value is -1.94. The molecule has 2 aromatic rings. The summed E-state index contributed by atoms with van der Waals surface area (Å²) in [5.41, 5.74) is 2.84. The van der Waals surface area contributed by atoms with E-state index < -0.39 is 0 Å². The molecule has 2 rings (SSSR count). The predicted molar refractivity (Wildman–Crippen MR) is 85.2 cm³/mol. The third kappa shape index (κ3) is 3.79. The largest absolute Gasteiger partial charge is 0.390 e. The Morgan fingerprint density at radius 3 is 2.48 bits per heavy atom. The van der Waals surface area contributed by atoms with E-state index in [1.165, 1.54) is 5.56 Å². The van der Waals surface area contributed by atoms with E-state index in [0.29, 0.717) is 5.69 Å². The quantitative estimate of drug-likeness (QED) is 0.886. The maximum atomic E-state index is 9.62. The molecule has 4 heteroatoms. The first-order chi connectivity index (χ1) is 10.2. The lowest BCUT2D eigenvalue weighted by Gasteiger charge is -2.25. The Morgan fingerprint density at radius 1 is 1.19 bits per heavy atom. The van der Waals surface area contributed by atoms with Crippen LogP contribution in [-0.2, 0) is 13.2 Å². The molecule has 1 aromatic heterocycles. The summed E-state index contributed by atoms with van der Waals surface area (Å²) < 4.78 is 0. The first-order valence-corrected chi connectivity index (χ1v) is 7.41. The summed E-state index contributed by atoms with van der Waals surface area (Å²) in [7, 11) is 0. The van der Waals surface area contributed by atoms with Crippen LogP contribution in [0.25, 0.3) is 0 Å². The second kappa shape index (κ2) is 7.18. The molecule has 0 spiro atoms. The van der Waals surface area contributed by atoms with E-state index in [-0.39, 0.29) is 12.5 Å². The first kappa shape index (κ1) is 15.4. The van der Waals surface area contributed by atoms with Crippen molar-refractivity contribution in [3.8, 4) is 0 Å². The number of nitrogens with zero attached hydrogens (tertiary/aromatic N) is 3. The Labute approximate surface area is 126 Å². The molecule has 1 aromatic carbocycles. The highest BCUT2D eigenvalue weighted by Crippen LogP contribution is 2.22. The molecule has 0 aliphatic rings. The maximum absolute atomic E-state index is 9.62. The van der Waals surface area contributed by atoms with E-state index >= 15 is 0 Å². The average Bonchev–Trinajstić information content (AvgIpc) is 2.53. The molecule has 21 heavy (non-hydrogen) atoms. The van der Waals surface area contributed by atoms with Gasteiger partial charge in [-0.05, 0) is 12.5 Å². The highest BCUT2D eigenvalue weighted by atomic mass is 16.3. The van der Waals surface area contributed by atoms with E-state index in [0.717, 1.165) is 24.6 Å². The van der Waals surface area contributed by atoms with Crippen LogP contribution in [0.1, 0.15) is 43.8 Å². The number of benzene rings is 1. The number of aliphatic hydroxyl groups excluding tert-OH is 1. The van der Waals surface area contributed by atoms with E-state index in [1.807, 2.05) is 24.4 Å². The van der Waals surface area contributed by atoms with Gasteiger partial charge in [0, 0.05) is 19.0 Å². The molecular formula is C17H23N3O. The third-order valence-corrected chi connectivity index (χ3v) is 3.47. The van der Waals surface area contributed by atoms with Crippen LogP contribution in [0, 0.1) is 0 Å². The topological polar surface area (TPSA) is 49.2 Å². The van der Waals surface area contributed by atoms with Crippen LogP contribution in [0.2, 0.25) is 0 Å². The minimum atomic E-state index is -0.0666. The van der Waals surface area contributed by atoms with E-state index in [4.69, 9.17) is 0 Å². The summed E-state index contributed by atoms with van der Waals surface area (Å²) in [6.07, 6.45) is 1.83. The predicted octanol–water partition coefficient (Wildman–Crippen LogP) is 3.12. The van der Waals surface area contributed by atoms with Crippen LogP contribution >= 0.6 is 0 Å². The van der Waals surface area contributed by atoms with Crippen molar-refractivity contribution in [1.29, 1.82) is 0 Å². The second-order valence-corrected chi connectivity index (χ2v) is 5.37. The number of aliphatic hydroxyl groups is 1. The Balaban J connectivity index is 2.29. The van der Waals surface area contributed by atoms with Gasteiger partial charge in [0.05, 0.1) is 24.2 Å². The Kier molecular flexibility index (Phi) is 5.28. The molecule has 0 aliphatic carbocycles. The zero-order valence-corrected chi connectivity index (χ0v) is 13.0. The van der Waals surface area contributed by atoms with Gasteiger partial charge in [0.25, 0.3) is 0 Å². The van der Waals surface area contributed by atoms with Crippen molar-refractivity contribution in [3.63, 3.8) is 0 Å². The van der Waals surface area contributed by atoms with Gasteiger partial charge in [-0.15, -0.1) is 0 Å². The smallest absolute Gasteiger partial charge is 0.131 e. The molecule has 0 saturated carbocycles. The van der Waals surface area contributed by atoms with Crippen LogP contribution < -0.4 is 4.90 Å². The van der Waals surface area contributed by atoms with Crippen molar-refractivity contribution in [3.05, 3.63) is 53.6 Å². The number of rotatable bonds is 6. The van der Waals surface area contributed by atoms with Gasteiger partial charge in [0.2, 0.25) is 0 Å². The maximum Gasteiger partial charge on any atom is 0.131 e. The van der Waals surface area contributed by atoms with Crippen LogP contribution in [0.5, 0.6) is 0 Å². The van der Waals surface area contributed by atoms with Gasteiger partial charge in [-0.1, -0.05) is 44.2 Å². The summed E-state index contributed by atoms with van der Waals surface area (Å²) in [5, 5.41) is 9.62. The summed E-state index contributed by atoms with van der Waals surface area (Å²) in [4.78, 5) is 11.1. The molecular weight excluding hydrogens is 262 g/mol. The van der Waals surface area contributed by atoms with Gasteiger partial charge in [0.1, 0.15) is 5.82 Å². The SMILES string of the molecule is CCN(Cc1ccccc1)c1cnc(C(C)C)nc1CO. The Bertz CT molecular complexity index is 570. The van der Waals surface area contributed by atoms with Crippen LogP contribution in [0.4, 0.5) is 5.69 Å². The van der Waals surface area contributed by atoms with Gasteiger partial charge in [-0.3, -0.25) is 0 Å². The standard InChI is InChI=1S/C17H23N3O/c1-4-20(11-14-8-6-5-7-9-14)16-10-18-17(13(2)3)19-15(16)12-21/h5-10,13,21H,4,11-12H2,1-3H3. The monoisotopic (exact) mass is 285 g/mol. The normalized spacial score (nSPS) is 10.9. The number of anilines is 1. The minimum Gasteiger partial charge on any atom is -0.390 e. The zero-order chi connectivity index (χ0) is 15.2. The molecule has 0 aliphatic heterocycles. The first-order valence-electron chi connectivity index (χ1n) is 7.41. The molecule has 0 bridgehead atoms. The van der Waals surface area contributed by atoms with Gasteiger partial charge >= 0.3 is 0 Å². The number of hydrogen-bond donors (Lipinski definition) is 1. The lowest BCUT2D eigenvalue weighted by Crippen LogP contribution is -2.24. The number of aromatic nitrogens is 2. The molecule has 0 unspecified atom stereocenters. The molecule has 4 nitrogen and oxygen atoms in total. The van der Waals surface area contributed by atoms with E-state index in [9.17, 15) is 5.11 Å². The summed E-state index contributed by atoms with van der Waals surface area (Å²) in [5.74, 6) is 1.03. The highest BCUT2D eigenvalue weighted by Gasteiger charge is 2.14. The van der Waals surface area contributed by atoms with Crippen molar-refractivity contribution >= 4 is 5.69 Å². The van der Waals surface area contributed by atoms with Crippen molar-refractivity contribution in [2.75, 3.05) is 11.4 Å². The molecule has 1 N–H and O–H groups in total. The van der Waals surface area contributed by atoms with Crippen LogP contribution in [0.3, 0.4) is 0 Å². The molecule has 0 atom stereocenters. The fourth-order valence-corrected chi connectivity index (χ4v) is 2.26. The highest BCUT2D eigenvalue weighted by molar-refractivity contribution is 5.49. The number of hydrogen-bond acceptors (Lipinski definition) is 4. The van der Waals surface area contributed by atoms with Crippen molar-refractivity contribution < 1.29 is 5.11 Å². The van der Waals surface area contributed by atoms with Gasteiger partial charge in [-0.2, -0.15) is 0 Å². The second-order valence-electron chi connectivity index (χ2n) is 5.37. The van der Waals surface area contributed by atoms with Crippen molar-refractivity contribution in [1.82, 2.24) is 9.97 Å². The van der Waals surface area contributed by atoms with Crippen molar-refractivity contribution in [2.24, 2.45) is 0 Å². The molecule has 0 fully saturated rings. The lowest BCUT2D eigenvalue weighted by molar-refractivity contribution is 0.276. The zero-order valence-electron chi connectivity index (χ0n) is 13.0. The Morgan fingerprint density at radius 2 is 1.90 bits per heavy atom. The van der Waals surface area contributed by atoms with Gasteiger partial charge < -0.3 is 10.0 Å². The summed E-state index contributed by atoms with van der Waals surface area (Å²) in [6, 6.07) is 10.3. The van der Waals surface area contributed by atoms with Gasteiger partial charge in [0.15, 0.2) is 0 Å². The fraction of sp³-hybridized carbons (Fsp3) is 0.412. The van der Waals surface area contributed by atoms with E-state index in [2.05, 4.69) is 47.8 Å². The van der Waals surface area contributed by atoms with E-state index in [1.54, 1.807) is 0 Å². The third-order valence-electron chi connectivity index (χ3n) is 3.47. The summed E-state index contributed by atoms with van der Waals surface area (Å²) >= 11 is 0. The molecule has 112 valence electrons.